The third-order valence-electron chi connectivity index (χ3n) is 7.25. The summed E-state index contributed by atoms with van der Waals surface area (Å²) in [6.07, 6.45) is -1.34. The number of hydrogen-bond acceptors (Lipinski definition) is 19. The molecule has 0 spiro atoms. The van der Waals surface area contributed by atoms with E-state index in [4.69, 9.17) is 11.6 Å². The molecule has 0 bridgehead atoms. The summed E-state index contributed by atoms with van der Waals surface area (Å²) in [5.41, 5.74) is -1.64. The Balaban J connectivity index is 0.00000290. The summed E-state index contributed by atoms with van der Waals surface area (Å²) < 4.78 is 160. The van der Waals surface area contributed by atoms with Gasteiger partial charge in [0, 0.05) is 26.9 Å². The van der Waals surface area contributed by atoms with Crippen molar-refractivity contribution in [2.24, 2.45) is 10.2 Å². The minimum atomic E-state index is -5.53. The van der Waals surface area contributed by atoms with Crippen LogP contribution in [0.3, 0.4) is 0 Å². The quantitative estimate of drug-likeness (QED) is 0.0732. The molecule has 5 aromatic carbocycles. The minimum Gasteiger partial charge on any atom is -0.744 e. The molecule has 0 aliphatic rings. The standard InChI is InChI=1S/C29H19ClFN7O12S4.4Na/c30-15-4-6-16(7-5-15)32-28-34-27(31)35-29(36-28)33-22-12-17(51(39,40)41)10-14-11-25(53(45,46)47)23(13-20(14)22)38-37-21-9-8-18-19(26(21)54(48,49)50)2-1-3-24(18)52(42,43)44;;;;/h1-13H,(H,39,40,41)(H,42,43,44)(H,45,46,47)(H,48,49,50)(H2,32,33,34,35,36);;;;/q;4*+1/p-4. The van der Waals surface area contributed by atoms with Crippen molar-refractivity contribution in [1.82, 2.24) is 15.0 Å². The fraction of sp³-hybridized carbons (Fsp3) is 0. The van der Waals surface area contributed by atoms with E-state index in [9.17, 15) is 56.3 Å². The van der Waals surface area contributed by atoms with Crippen LogP contribution in [0, 0.1) is 6.08 Å². The first-order valence-corrected chi connectivity index (χ1v) is 20.2. The van der Waals surface area contributed by atoms with Crippen molar-refractivity contribution in [3.8, 4) is 0 Å². The van der Waals surface area contributed by atoms with E-state index < -0.39 is 99.9 Å². The van der Waals surface area contributed by atoms with E-state index in [0.29, 0.717) is 22.8 Å². The number of hydrogen-bond donors (Lipinski definition) is 2. The molecule has 0 atom stereocenters. The molecule has 0 amide bonds. The maximum absolute atomic E-state index is 14.5. The summed E-state index contributed by atoms with van der Waals surface area (Å²) in [5, 5.41) is 11.3. The number of nitrogens with zero attached hydrogens (tertiary/aromatic N) is 5. The van der Waals surface area contributed by atoms with E-state index in [0.717, 1.165) is 42.5 Å². The van der Waals surface area contributed by atoms with Gasteiger partial charge in [-0.05, 0) is 66.0 Å². The Labute approximate surface area is 422 Å². The first-order valence-electron chi connectivity index (χ1n) is 14.2. The Bertz CT molecular complexity index is 3050. The van der Waals surface area contributed by atoms with Crippen LogP contribution in [-0.2, 0) is 40.5 Å². The molecule has 19 nitrogen and oxygen atoms in total. The van der Waals surface area contributed by atoms with Crippen molar-refractivity contribution in [1.29, 1.82) is 0 Å². The number of azo groups is 1. The van der Waals surface area contributed by atoms with Gasteiger partial charge < -0.3 is 28.8 Å². The average Bonchev–Trinajstić information content (AvgIpc) is 3.05. The summed E-state index contributed by atoms with van der Waals surface area (Å²) in [6, 6.07) is 13.5. The second kappa shape index (κ2) is 20.3. The van der Waals surface area contributed by atoms with Crippen molar-refractivity contribution in [3.05, 3.63) is 90.0 Å². The molecule has 0 saturated carbocycles. The van der Waals surface area contributed by atoms with Gasteiger partial charge in [-0.1, -0.05) is 29.8 Å². The second-order valence-electron chi connectivity index (χ2n) is 10.8. The third kappa shape index (κ3) is 12.4. The fourth-order valence-corrected chi connectivity index (χ4v) is 7.87. The summed E-state index contributed by atoms with van der Waals surface area (Å²) >= 11 is 5.88. The van der Waals surface area contributed by atoms with E-state index >= 15 is 0 Å². The number of benzene rings is 5. The Morgan fingerprint density at radius 3 is 1.72 bits per heavy atom. The van der Waals surface area contributed by atoms with Gasteiger partial charge >= 0.3 is 124 Å². The molecule has 29 heteroatoms. The van der Waals surface area contributed by atoms with E-state index in [1.165, 1.54) is 24.3 Å². The van der Waals surface area contributed by atoms with Crippen LogP contribution in [0.5, 0.6) is 0 Å². The second-order valence-corrected chi connectivity index (χ2v) is 16.6. The number of fused-ring (bicyclic) bond motifs is 2. The minimum absolute atomic E-state index is 0. The molecule has 0 aliphatic carbocycles. The predicted molar refractivity (Wildman–Crippen MR) is 182 cm³/mol. The van der Waals surface area contributed by atoms with Crippen LogP contribution >= 0.6 is 11.6 Å². The van der Waals surface area contributed by atoms with Crippen LogP contribution in [0.15, 0.2) is 109 Å². The number of nitrogens with one attached hydrogen (secondary N) is 2. The first kappa shape index (κ1) is 52.8. The van der Waals surface area contributed by atoms with Crippen molar-refractivity contribution in [2.45, 2.75) is 19.6 Å². The maximum atomic E-state index is 14.5. The zero-order valence-electron chi connectivity index (χ0n) is 30.0. The van der Waals surface area contributed by atoms with Crippen molar-refractivity contribution in [2.75, 3.05) is 10.6 Å². The number of rotatable bonds is 10. The third-order valence-corrected chi connectivity index (χ3v) is 11.0. The Morgan fingerprint density at radius 1 is 0.569 bits per heavy atom. The molecule has 0 fully saturated rings. The number of anilines is 4. The smallest absolute Gasteiger partial charge is 0.744 e. The predicted octanol–water partition coefficient (Wildman–Crippen LogP) is -7.49. The van der Waals surface area contributed by atoms with Crippen LogP contribution < -0.4 is 129 Å². The van der Waals surface area contributed by atoms with Crippen LogP contribution in [0.4, 0.5) is 39.0 Å². The summed E-state index contributed by atoms with van der Waals surface area (Å²) in [5.74, 6) is -0.941. The normalized spacial score (nSPS) is 11.9. The van der Waals surface area contributed by atoms with Gasteiger partial charge in [0.1, 0.15) is 51.8 Å². The molecule has 0 unspecified atom stereocenters. The molecule has 2 N–H and O–H groups in total. The van der Waals surface area contributed by atoms with Gasteiger partial charge in [-0.2, -0.15) is 19.3 Å². The van der Waals surface area contributed by atoms with E-state index in [-0.39, 0.29) is 135 Å². The van der Waals surface area contributed by atoms with E-state index in [1.54, 1.807) is 0 Å². The number of aromatic nitrogens is 3. The molecule has 0 radical (unpaired) electrons. The zero-order chi connectivity index (χ0) is 39.4. The largest absolute Gasteiger partial charge is 1.00 e. The van der Waals surface area contributed by atoms with Crippen LogP contribution in [0.25, 0.3) is 21.5 Å². The topological polar surface area (TPSA) is 316 Å². The monoisotopic (exact) mass is 927 g/mol. The first-order chi connectivity index (χ1) is 25.1. The van der Waals surface area contributed by atoms with Gasteiger partial charge in [-0.25, -0.2) is 33.7 Å². The van der Waals surface area contributed by atoms with Gasteiger partial charge in [0.2, 0.25) is 11.9 Å². The molecular formula is C29H15ClFN7Na4O12S4. The van der Waals surface area contributed by atoms with Gasteiger partial charge in [0.05, 0.1) is 25.3 Å². The molecule has 1 heterocycles. The fourth-order valence-electron chi connectivity index (χ4n) is 5.08. The van der Waals surface area contributed by atoms with E-state index in [1.807, 2.05) is 0 Å². The van der Waals surface area contributed by atoms with Gasteiger partial charge in [-0.15, -0.1) is 10.2 Å². The van der Waals surface area contributed by atoms with Gasteiger partial charge in [-0.3, -0.25) is 0 Å². The zero-order valence-corrected chi connectivity index (χ0v) is 42.1. The van der Waals surface area contributed by atoms with Gasteiger partial charge in [0.25, 0.3) is 0 Å². The van der Waals surface area contributed by atoms with Gasteiger partial charge in [0.15, 0.2) is 0 Å². The van der Waals surface area contributed by atoms with Crippen molar-refractivity contribution >= 4 is 108 Å². The summed E-state index contributed by atoms with van der Waals surface area (Å²) in [7, 11) is -21.5. The molecular weight excluding hydrogens is 913 g/mol. The summed E-state index contributed by atoms with van der Waals surface area (Å²) in [4.78, 5) is 6.88. The SMILES string of the molecule is O=S(=O)([O-])c1cc(Nc2nc(F)nc(Nc3ccc(Cl)cc3)n2)c2cc(N=Nc3ccc4c(S(=O)(=O)[O-])cccc4c3S(=O)(=O)[O-])c(S(=O)(=O)[O-])cc2c1.[Na+].[Na+].[Na+].[Na+]. The molecule has 280 valence electrons. The molecule has 0 aliphatic heterocycles. The van der Waals surface area contributed by atoms with Crippen LogP contribution in [0.1, 0.15) is 0 Å². The Morgan fingerprint density at radius 2 is 1.16 bits per heavy atom. The summed E-state index contributed by atoms with van der Waals surface area (Å²) in [6.45, 7) is 0. The molecule has 1 aromatic heterocycles. The Kier molecular flexibility index (Phi) is 18.4. The molecule has 6 rings (SSSR count). The molecule has 58 heavy (non-hydrogen) atoms. The van der Waals surface area contributed by atoms with Crippen LogP contribution in [0.2, 0.25) is 5.02 Å². The van der Waals surface area contributed by atoms with Crippen molar-refractivity contribution < 1.29 is 175 Å². The van der Waals surface area contributed by atoms with Crippen LogP contribution in [-0.4, -0.2) is 66.8 Å². The van der Waals surface area contributed by atoms with E-state index in [2.05, 4.69) is 35.8 Å². The molecule has 6 aromatic rings. The molecule has 0 saturated heterocycles. The van der Waals surface area contributed by atoms with Crippen molar-refractivity contribution in [3.63, 3.8) is 0 Å². The Hall–Kier alpha value is -1.31. The average molecular weight is 928 g/mol. The maximum Gasteiger partial charge on any atom is 1.00 e. The number of halogens is 2.